The zero-order chi connectivity index (χ0) is 11.6. The molecule has 82 valence electrons. The highest BCUT2D eigenvalue weighted by atomic mass is 19.1. The van der Waals surface area contributed by atoms with Gasteiger partial charge in [-0.2, -0.15) is 0 Å². The number of ether oxygens (including phenoxy) is 2. The number of nitrogens with two attached hydrogens (primary N) is 1. The Morgan fingerprint density at radius 2 is 2.00 bits per heavy atom. The minimum atomic E-state index is -1.04. The third-order valence-electron chi connectivity index (χ3n) is 1.82. The molecule has 0 aliphatic carbocycles. The van der Waals surface area contributed by atoms with Crippen LogP contribution in [0.3, 0.4) is 0 Å². The number of hydrogen-bond donors (Lipinski definition) is 1. The molecule has 0 unspecified atom stereocenters. The number of nitrogen functional groups attached to an aromatic ring is 1. The van der Waals surface area contributed by atoms with Gasteiger partial charge in [0, 0.05) is 0 Å². The van der Waals surface area contributed by atoms with Crippen LogP contribution >= 0.6 is 0 Å². The van der Waals surface area contributed by atoms with Gasteiger partial charge in [-0.05, 0) is 6.07 Å². The molecule has 0 heterocycles. The number of anilines is 1. The molecule has 0 saturated carbocycles. The van der Waals surface area contributed by atoms with Gasteiger partial charge in [-0.25, -0.2) is 13.6 Å². The smallest absolute Gasteiger partial charge is 0.341 e. The molecule has 1 aromatic carbocycles. The first-order valence-electron chi connectivity index (χ1n) is 3.92. The fourth-order valence-electron chi connectivity index (χ4n) is 1.07. The van der Waals surface area contributed by atoms with Gasteiger partial charge in [0.15, 0.2) is 17.4 Å². The predicted molar refractivity (Wildman–Crippen MR) is 48.7 cm³/mol. The van der Waals surface area contributed by atoms with Crippen LogP contribution in [-0.4, -0.2) is 20.2 Å². The van der Waals surface area contributed by atoms with Crippen molar-refractivity contribution in [1.29, 1.82) is 0 Å². The zero-order valence-electron chi connectivity index (χ0n) is 8.14. The second-order valence-electron chi connectivity index (χ2n) is 2.66. The maximum atomic E-state index is 13.5. The number of carbonyl (C=O) groups is 1. The Labute approximate surface area is 84.6 Å². The third kappa shape index (κ3) is 1.83. The lowest BCUT2D eigenvalue weighted by Gasteiger charge is -2.09. The quantitative estimate of drug-likeness (QED) is 0.599. The summed E-state index contributed by atoms with van der Waals surface area (Å²) in [5.74, 6) is -3.47. The molecular formula is C9H9F2NO3. The van der Waals surface area contributed by atoms with Crippen molar-refractivity contribution in [2.75, 3.05) is 20.0 Å². The van der Waals surface area contributed by atoms with Crippen LogP contribution in [0.5, 0.6) is 5.75 Å². The average Bonchev–Trinajstić information content (AvgIpc) is 2.23. The predicted octanol–water partition coefficient (Wildman–Crippen LogP) is 1.34. The molecule has 0 bridgehead atoms. The highest BCUT2D eigenvalue weighted by Gasteiger charge is 2.22. The normalized spacial score (nSPS) is 9.87. The lowest BCUT2D eigenvalue weighted by molar-refractivity contribution is 0.0594. The van der Waals surface area contributed by atoms with E-state index in [0.29, 0.717) is 6.07 Å². The molecule has 0 aliphatic heterocycles. The van der Waals surface area contributed by atoms with E-state index in [1.807, 2.05) is 0 Å². The molecule has 0 radical (unpaired) electrons. The number of methoxy groups -OCH3 is 2. The summed E-state index contributed by atoms with van der Waals surface area (Å²) in [6.07, 6.45) is 0. The van der Waals surface area contributed by atoms with Crippen molar-refractivity contribution in [3.8, 4) is 5.75 Å². The van der Waals surface area contributed by atoms with Crippen molar-refractivity contribution in [3.63, 3.8) is 0 Å². The molecular weight excluding hydrogens is 208 g/mol. The summed E-state index contributed by atoms with van der Waals surface area (Å²) in [6, 6.07) is 0.666. The van der Waals surface area contributed by atoms with Gasteiger partial charge in [0.2, 0.25) is 0 Å². The molecule has 0 fully saturated rings. The van der Waals surface area contributed by atoms with Gasteiger partial charge < -0.3 is 15.2 Å². The van der Waals surface area contributed by atoms with Crippen LogP contribution in [-0.2, 0) is 4.74 Å². The second kappa shape index (κ2) is 4.12. The minimum Gasteiger partial charge on any atom is -0.491 e. The van der Waals surface area contributed by atoms with Crippen LogP contribution < -0.4 is 10.5 Å². The molecule has 0 spiro atoms. The molecule has 0 saturated heterocycles. The largest absolute Gasteiger partial charge is 0.491 e. The first-order valence-corrected chi connectivity index (χ1v) is 3.92. The summed E-state index contributed by atoms with van der Waals surface area (Å²) >= 11 is 0. The van der Waals surface area contributed by atoms with Gasteiger partial charge in [0.1, 0.15) is 11.3 Å². The Morgan fingerprint density at radius 3 is 2.47 bits per heavy atom. The second-order valence-corrected chi connectivity index (χ2v) is 2.66. The maximum Gasteiger partial charge on any atom is 0.341 e. The zero-order valence-corrected chi connectivity index (χ0v) is 8.14. The van der Waals surface area contributed by atoms with Crippen molar-refractivity contribution in [2.45, 2.75) is 0 Å². The van der Waals surface area contributed by atoms with Crippen LogP contribution in [0.1, 0.15) is 10.4 Å². The van der Waals surface area contributed by atoms with Crippen molar-refractivity contribution >= 4 is 11.7 Å². The van der Waals surface area contributed by atoms with E-state index in [0.717, 1.165) is 14.2 Å². The summed E-state index contributed by atoms with van der Waals surface area (Å²) in [7, 11) is 2.18. The van der Waals surface area contributed by atoms with E-state index in [-0.39, 0.29) is 0 Å². The fourth-order valence-corrected chi connectivity index (χ4v) is 1.07. The number of benzene rings is 1. The van der Waals surface area contributed by atoms with Gasteiger partial charge in [-0.15, -0.1) is 0 Å². The van der Waals surface area contributed by atoms with E-state index in [1.165, 1.54) is 0 Å². The van der Waals surface area contributed by atoms with Crippen LogP contribution in [0.25, 0.3) is 0 Å². The summed E-state index contributed by atoms with van der Waals surface area (Å²) in [6.45, 7) is 0. The van der Waals surface area contributed by atoms with Gasteiger partial charge in [-0.1, -0.05) is 0 Å². The molecule has 0 aliphatic rings. The number of hydrogen-bond acceptors (Lipinski definition) is 4. The van der Waals surface area contributed by atoms with E-state index >= 15 is 0 Å². The van der Waals surface area contributed by atoms with Crippen molar-refractivity contribution in [3.05, 3.63) is 23.3 Å². The summed E-state index contributed by atoms with van der Waals surface area (Å²) in [5, 5.41) is 0. The van der Waals surface area contributed by atoms with Gasteiger partial charge in [0.25, 0.3) is 0 Å². The lowest BCUT2D eigenvalue weighted by atomic mass is 10.1. The molecule has 6 heteroatoms. The third-order valence-corrected chi connectivity index (χ3v) is 1.82. The maximum absolute atomic E-state index is 13.5. The molecule has 15 heavy (non-hydrogen) atoms. The van der Waals surface area contributed by atoms with Crippen LogP contribution in [0.2, 0.25) is 0 Å². The lowest BCUT2D eigenvalue weighted by Crippen LogP contribution is -2.09. The monoisotopic (exact) mass is 217 g/mol. The Hall–Kier alpha value is -1.85. The molecule has 1 aromatic rings. The Kier molecular flexibility index (Phi) is 3.08. The van der Waals surface area contributed by atoms with E-state index in [4.69, 9.17) is 5.73 Å². The van der Waals surface area contributed by atoms with E-state index in [9.17, 15) is 13.6 Å². The Balaban J connectivity index is 3.43. The number of esters is 1. The standard InChI is InChI=1S/C9H9F2NO3/c1-14-8-6(11)4(9(13)15-2)3-5(10)7(8)12/h3H,12H2,1-2H3. The van der Waals surface area contributed by atoms with E-state index in [1.54, 1.807) is 0 Å². The first kappa shape index (κ1) is 11.2. The van der Waals surface area contributed by atoms with Crippen molar-refractivity contribution < 1.29 is 23.0 Å². The van der Waals surface area contributed by atoms with Crippen LogP contribution in [0, 0.1) is 11.6 Å². The SMILES string of the molecule is COC(=O)c1cc(F)c(N)c(OC)c1F. The van der Waals surface area contributed by atoms with Crippen molar-refractivity contribution in [1.82, 2.24) is 0 Å². The average molecular weight is 217 g/mol. The summed E-state index contributed by atoms with van der Waals surface area (Å²) < 4.78 is 35.4. The van der Waals surface area contributed by atoms with Crippen molar-refractivity contribution in [2.24, 2.45) is 0 Å². The van der Waals surface area contributed by atoms with E-state index < -0.39 is 34.6 Å². The Morgan fingerprint density at radius 1 is 1.40 bits per heavy atom. The molecule has 0 aromatic heterocycles. The topological polar surface area (TPSA) is 61.5 Å². The van der Waals surface area contributed by atoms with Gasteiger partial charge in [0.05, 0.1) is 14.2 Å². The van der Waals surface area contributed by atoms with Gasteiger partial charge >= 0.3 is 5.97 Å². The van der Waals surface area contributed by atoms with Crippen LogP contribution in [0.4, 0.5) is 14.5 Å². The summed E-state index contributed by atoms with van der Waals surface area (Å²) in [4.78, 5) is 11.0. The van der Waals surface area contributed by atoms with Gasteiger partial charge in [-0.3, -0.25) is 0 Å². The highest BCUT2D eigenvalue weighted by molar-refractivity contribution is 5.91. The Bertz CT molecular complexity index is 407. The number of halogens is 2. The molecule has 1 rings (SSSR count). The number of carbonyl (C=O) groups excluding carboxylic acids is 1. The molecule has 2 N–H and O–H groups in total. The molecule has 0 amide bonds. The molecule has 0 atom stereocenters. The number of rotatable bonds is 2. The van der Waals surface area contributed by atoms with Crippen LogP contribution in [0.15, 0.2) is 6.07 Å². The fraction of sp³-hybridized carbons (Fsp3) is 0.222. The highest BCUT2D eigenvalue weighted by Crippen LogP contribution is 2.30. The molecule has 4 nitrogen and oxygen atoms in total. The summed E-state index contributed by atoms with van der Waals surface area (Å²) in [5.41, 5.74) is 4.17. The van der Waals surface area contributed by atoms with E-state index in [2.05, 4.69) is 9.47 Å². The first-order chi connectivity index (χ1) is 7.02. The minimum absolute atomic E-state index is 0.484.